The van der Waals surface area contributed by atoms with Crippen LogP contribution in [0.3, 0.4) is 0 Å². The third kappa shape index (κ3) is 6.54. The zero-order chi connectivity index (χ0) is 21.2. The molecule has 30 heavy (non-hydrogen) atoms. The highest BCUT2D eigenvalue weighted by Gasteiger charge is 2.08. The molecule has 0 aliphatic carbocycles. The van der Waals surface area contributed by atoms with Crippen molar-refractivity contribution in [3.8, 4) is 0 Å². The number of carbonyl (C=O) groups is 2. The first-order chi connectivity index (χ1) is 14.6. The van der Waals surface area contributed by atoms with E-state index in [1.807, 2.05) is 60.8 Å². The third-order valence-corrected chi connectivity index (χ3v) is 5.53. The lowest BCUT2D eigenvalue weighted by atomic mass is 10.1. The molecule has 1 aromatic heterocycles. The van der Waals surface area contributed by atoms with Crippen LogP contribution in [0.25, 0.3) is 0 Å². The van der Waals surface area contributed by atoms with Gasteiger partial charge in [-0.05, 0) is 48.1 Å². The molecule has 0 fully saturated rings. The fraction of sp³-hybridized carbons (Fsp3) is 0.250. The lowest BCUT2D eigenvalue weighted by Crippen LogP contribution is -2.25. The molecule has 0 saturated heterocycles. The summed E-state index contributed by atoms with van der Waals surface area (Å²) >= 11 is 1.41. The molecule has 3 aromatic rings. The first-order valence-corrected chi connectivity index (χ1v) is 10.9. The highest BCUT2D eigenvalue weighted by Crippen LogP contribution is 2.15. The molecule has 0 saturated carbocycles. The van der Waals surface area contributed by atoms with Crippen LogP contribution in [0.2, 0.25) is 0 Å². The number of hydrogen-bond acceptors (Lipinski definition) is 4. The van der Waals surface area contributed by atoms with Gasteiger partial charge in [-0.2, -0.15) is 0 Å². The van der Waals surface area contributed by atoms with Gasteiger partial charge in [0.15, 0.2) is 0 Å². The van der Waals surface area contributed by atoms with Crippen molar-refractivity contribution in [1.82, 2.24) is 10.6 Å². The predicted molar refractivity (Wildman–Crippen MR) is 120 cm³/mol. The molecule has 0 bridgehead atoms. The molecule has 0 spiro atoms. The van der Waals surface area contributed by atoms with Crippen LogP contribution in [-0.4, -0.2) is 25.0 Å². The van der Waals surface area contributed by atoms with Gasteiger partial charge < -0.3 is 15.4 Å². The number of amides is 2. The Kier molecular flexibility index (Phi) is 8.18. The standard InChI is InChI=1S/C24H26N2O3S/c1-18(20-7-3-2-4-8-20)29-15-6-14-25-23(27)21-12-10-19(11-13-21)17-26-24(28)22-9-5-16-30-22/h2-5,7-13,16,18H,6,14-15,17H2,1H3,(H,25,27)(H,26,28). The van der Waals surface area contributed by atoms with Crippen LogP contribution >= 0.6 is 11.3 Å². The number of carbonyl (C=O) groups excluding carboxylic acids is 2. The van der Waals surface area contributed by atoms with Crippen LogP contribution in [0, 0.1) is 0 Å². The van der Waals surface area contributed by atoms with Crippen LogP contribution in [0.5, 0.6) is 0 Å². The van der Waals surface area contributed by atoms with Crippen molar-refractivity contribution in [2.24, 2.45) is 0 Å². The molecule has 5 nitrogen and oxygen atoms in total. The van der Waals surface area contributed by atoms with E-state index < -0.39 is 0 Å². The van der Waals surface area contributed by atoms with Gasteiger partial charge in [-0.3, -0.25) is 9.59 Å². The van der Waals surface area contributed by atoms with Gasteiger partial charge in [-0.25, -0.2) is 0 Å². The Labute approximate surface area is 181 Å². The summed E-state index contributed by atoms with van der Waals surface area (Å²) in [6.45, 7) is 3.59. The summed E-state index contributed by atoms with van der Waals surface area (Å²) in [6, 6.07) is 21.0. The van der Waals surface area contributed by atoms with Crippen LogP contribution in [0.15, 0.2) is 72.1 Å². The first kappa shape index (κ1) is 21.7. The average Bonchev–Trinajstić information content (AvgIpc) is 3.33. The summed E-state index contributed by atoms with van der Waals surface area (Å²) < 4.78 is 5.82. The van der Waals surface area contributed by atoms with Crippen LogP contribution in [0.4, 0.5) is 0 Å². The Morgan fingerprint density at radius 1 is 0.933 bits per heavy atom. The van der Waals surface area contributed by atoms with Gasteiger partial charge in [0, 0.05) is 25.3 Å². The molecule has 2 amide bonds. The molecule has 1 heterocycles. The first-order valence-electron chi connectivity index (χ1n) is 9.99. The van der Waals surface area contributed by atoms with Crippen molar-refractivity contribution in [3.63, 3.8) is 0 Å². The van der Waals surface area contributed by atoms with E-state index in [1.54, 1.807) is 18.2 Å². The van der Waals surface area contributed by atoms with Crippen molar-refractivity contribution < 1.29 is 14.3 Å². The Hall–Kier alpha value is -2.96. The predicted octanol–water partition coefficient (Wildman–Crippen LogP) is 4.58. The quantitative estimate of drug-likeness (QED) is 0.470. The monoisotopic (exact) mass is 422 g/mol. The Balaban J connectivity index is 1.34. The average molecular weight is 423 g/mol. The molecule has 2 aromatic carbocycles. The minimum Gasteiger partial charge on any atom is -0.374 e. The SMILES string of the molecule is CC(OCCCNC(=O)c1ccc(CNC(=O)c2cccs2)cc1)c1ccccc1. The number of benzene rings is 2. The van der Waals surface area contributed by atoms with E-state index in [-0.39, 0.29) is 17.9 Å². The molecule has 2 N–H and O–H groups in total. The number of hydrogen-bond donors (Lipinski definition) is 2. The second-order valence-corrected chi connectivity index (χ2v) is 7.84. The molecule has 6 heteroatoms. The molecule has 1 unspecified atom stereocenters. The second kappa shape index (κ2) is 11.3. The molecule has 0 aliphatic rings. The number of rotatable bonds is 10. The van der Waals surface area contributed by atoms with Gasteiger partial charge in [0.1, 0.15) is 0 Å². The minimum absolute atomic E-state index is 0.0368. The van der Waals surface area contributed by atoms with E-state index >= 15 is 0 Å². The summed E-state index contributed by atoms with van der Waals surface area (Å²) in [6.07, 6.45) is 0.783. The fourth-order valence-electron chi connectivity index (χ4n) is 2.91. The summed E-state index contributed by atoms with van der Waals surface area (Å²) in [5.74, 6) is -0.198. The minimum atomic E-state index is -0.111. The van der Waals surface area contributed by atoms with E-state index in [0.717, 1.165) is 17.5 Å². The Morgan fingerprint density at radius 2 is 1.70 bits per heavy atom. The molecule has 0 radical (unpaired) electrons. The summed E-state index contributed by atoms with van der Waals surface area (Å²) in [5.41, 5.74) is 2.69. The maximum Gasteiger partial charge on any atom is 0.261 e. The zero-order valence-electron chi connectivity index (χ0n) is 17.0. The maximum absolute atomic E-state index is 12.3. The van der Waals surface area contributed by atoms with Crippen molar-refractivity contribution in [2.45, 2.75) is 26.0 Å². The van der Waals surface area contributed by atoms with Crippen LogP contribution < -0.4 is 10.6 Å². The van der Waals surface area contributed by atoms with Crippen molar-refractivity contribution in [1.29, 1.82) is 0 Å². The normalized spacial score (nSPS) is 11.6. The van der Waals surface area contributed by atoms with E-state index in [4.69, 9.17) is 4.74 Å². The van der Waals surface area contributed by atoms with E-state index in [1.165, 1.54) is 11.3 Å². The van der Waals surface area contributed by atoms with E-state index in [0.29, 0.717) is 30.1 Å². The van der Waals surface area contributed by atoms with Gasteiger partial charge in [0.05, 0.1) is 11.0 Å². The number of thiophene rings is 1. The zero-order valence-corrected chi connectivity index (χ0v) is 17.8. The van der Waals surface area contributed by atoms with Crippen molar-refractivity contribution in [3.05, 3.63) is 93.7 Å². The molecule has 3 rings (SSSR count). The van der Waals surface area contributed by atoms with Crippen molar-refractivity contribution >= 4 is 23.2 Å². The third-order valence-electron chi connectivity index (χ3n) is 4.66. The molecule has 1 atom stereocenters. The maximum atomic E-state index is 12.3. The Morgan fingerprint density at radius 3 is 2.40 bits per heavy atom. The number of ether oxygens (including phenoxy) is 1. The van der Waals surface area contributed by atoms with Gasteiger partial charge in [-0.15, -0.1) is 11.3 Å². The highest BCUT2D eigenvalue weighted by atomic mass is 32.1. The van der Waals surface area contributed by atoms with Crippen LogP contribution in [0.1, 0.15) is 50.6 Å². The van der Waals surface area contributed by atoms with Gasteiger partial charge >= 0.3 is 0 Å². The summed E-state index contributed by atoms with van der Waals surface area (Å²) in [7, 11) is 0. The fourth-order valence-corrected chi connectivity index (χ4v) is 3.55. The second-order valence-electron chi connectivity index (χ2n) is 6.89. The Bertz CT molecular complexity index is 925. The summed E-state index contributed by atoms with van der Waals surface area (Å²) in [4.78, 5) is 24.9. The van der Waals surface area contributed by atoms with E-state index in [2.05, 4.69) is 10.6 Å². The highest BCUT2D eigenvalue weighted by molar-refractivity contribution is 7.12. The van der Waals surface area contributed by atoms with Gasteiger partial charge in [0.2, 0.25) is 0 Å². The topological polar surface area (TPSA) is 67.4 Å². The molecular weight excluding hydrogens is 396 g/mol. The lowest BCUT2D eigenvalue weighted by Gasteiger charge is -2.13. The largest absolute Gasteiger partial charge is 0.374 e. The van der Waals surface area contributed by atoms with Gasteiger partial charge in [0.25, 0.3) is 11.8 Å². The molecular formula is C24H26N2O3S. The van der Waals surface area contributed by atoms with Gasteiger partial charge in [-0.1, -0.05) is 48.5 Å². The molecule has 156 valence electrons. The van der Waals surface area contributed by atoms with Crippen molar-refractivity contribution in [2.75, 3.05) is 13.2 Å². The molecule has 0 aliphatic heterocycles. The summed E-state index contributed by atoms with van der Waals surface area (Å²) in [5, 5.41) is 7.66. The number of nitrogens with one attached hydrogen (secondary N) is 2. The van der Waals surface area contributed by atoms with E-state index in [9.17, 15) is 9.59 Å². The smallest absolute Gasteiger partial charge is 0.261 e. The van der Waals surface area contributed by atoms with Crippen LogP contribution in [-0.2, 0) is 11.3 Å². The lowest BCUT2D eigenvalue weighted by molar-refractivity contribution is 0.0635.